The molecule has 2 atom stereocenters. The van der Waals surface area contributed by atoms with Crippen molar-refractivity contribution in [2.75, 3.05) is 0 Å². The maximum Gasteiger partial charge on any atom is 0.0942 e. The van der Waals surface area contributed by atoms with Crippen molar-refractivity contribution in [1.82, 2.24) is 9.78 Å². The lowest BCUT2D eigenvalue weighted by atomic mass is 9.96. The Hall–Kier alpha value is -0.480. The highest BCUT2D eigenvalue weighted by Gasteiger charge is 2.23. The van der Waals surface area contributed by atoms with Gasteiger partial charge in [0.2, 0.25) is 0 Å². The van der Waals surface area contributed by atoms with Crippen molar-refractivity contribution < 1.29 is 0 Å². The van der Waals surface area contributed by atoms with E-state index in [2.05, 4.69) is 11.2 Å². The van der Waals surface area contributed by atoms with Crippen molar-refractivity contribution in [3.8, 4) is 0 Å². The molecule has 1 aromatic heterocycles. The summed E-state index contributed by atoms with van der Waals surface area (Å²) in [6.45, 7) is 2.03. The van der Waals surface area contributed by atoms with Gasteiger partial charge in [-0.15, -0.1) is 11.8 Å². The van der Waals surface area contributed by atoms with E-state index in [1.54, 1.807) is 0 Å². The summed E-state index contributed by atoms with van der Waals surface area (Å²) in [5, 5.41) is 6.18. The van der Waals surface area contributed by atoms with E-state index in [1.165, 1.54) is 30.7 Å². The summed E-state index contributed by atoms with van der Waals surface area (Å²) in [5.74, 6) is 0. The predicted octanol–water partition coefficient (Wildman–Crippen LogP) is 2.09. The first kappa shape index (κ1) is 11.0. The Morgan fingerprint density at radius 3 is 2.80 bits per heavy atom. The molecule has 0 amide bonds. The fourth-order valence-electron chi connectivity index (χ4n) is 2.12. The van der Waals surface area contributed by atoms with Crippen LogP contribution >= 0.6 is 11.8 Å². The minimum atomic E-state index is 0.360. The number of thioether (sulfide) groups is 1. The Bertz CT molecular complexity index is 335. The van der Waals surface area contributed by atoms with Gasteiger partial charge in [0.1, 0.15) is 0 Å². The van der Waals surface area contributed by atoms with Crippen LogP contribution in [0.5, 0.6) is 0 Å². The lowest BCUT2D eigenvalue weighted by molar-refractivity contribution is 0.452. The van der Waals surface area contributed by atoms with Gasteiger partial charge in [0.05, 0.1) is 10.7 Å². The molecule has 15 heavy (non-hydrogen) atoms. The molecule has 0 aliphatic heterocycles. The van der Waals surface area contributed by atoms with E-state index < -0.39 is 0 Å². The van der Waals surface area contributed by atoms with E-state index in [0.717, 1.165) is 5.69 Å². The lowest BCUT2D eigenvalue weighted by Gasteiger charge is -2.27. The first-order chi connectivity index (χ1) is 7.16. The molecule has 1 aliphatic carbocycles. The fourth-order valence-corrected chi connectivity index (χ4v) is 3.46. The van der Waals surface area contributed by atoms with Crippen LogP contribution in [0.2, 0.25) is 0 Å². The topological polar surface area (TPSA) is 43.8 Å². The third kappa shape index (κ3) is 2.55. The van der Waals surface area contributed by atoms with E-state index in [9.17, 15) is 0 Å². The van der Waals surface area contributed by atoms with Gasteiger partial charge in [-0.05, 0) is 25.8 Å². The number of rotatable bonds is 2. The molecule has 1 aromatic rings. The van der Waals surface area contributed by atoms with Crippen LogP contribution in [0.3, 0.4) is 0 Å². The number of hydrogen-bond acceptors (Lipinski definition) is 3. The molecule has 2 unspecified atom stereocenters. The minimum Gasteiger partial charge on any atom is -0.327 e. The van der Waals surface area contributed by atoms with Crippen LogP contribution in [0.4, 0.5) is 0 Å². The Labute approximate surface area is 95.4 Å². The predicted molar refractivity (Wildman–Crippen MR) is 64.0 cm³/mol. The molecule has 0 aromatic carbocycles. The summed E-state index contributed by atoms with van der Waals surface area (Å²) in [4.78, 5) is 0. The largest absolute Gasteiger partial charge is 0.327 e. The summed E-state index contributed by atoms with van der Waals surface area (Å²) in [6, 6.07) is 2.50. The second-order valence-corrected chi connectivity index (χ2v) is 5.61. The summed E-state index contributed by atoms with van der Waals surface area (Å²) in [7, 11) is 2.00. The van der Waals surface area contributed by atoms with Crippen LogP contribution < -0.4 is 5.73 Å². The van der Waals surface area contributed by atoms with E-state index in [1.807, 2.05) is 30.4 Å². The molecule has 0 saturated heterocycles. The molecule has 0 bridgehead atoms. The minimum absolute atomic E-state index is 0.360. The summed E-state index contributed by atoms with van der Waals surface area (Å²) in [6.07, 6.45) is 5.04. The van der Waals surface area contributed by atoms with E-state index in [4.69, 9.17) is 5.73 Å². The number of nitrogens with two attached hydrogens (primary N) is 1. The molecule has 2 rings (SSSR count). The highest BCUT2D eigenvalue weighted by Crippen LogP contribution is 2.32. The standard InChI is InChI=1S/C11H19N3S/c1-8-7-11(14(2)13-8)15-10-6-4-3-5-9(10)12/h7,9-10H,3-6,12H2,1-2H3. The Morgan fingerprint density at radius 1 is 1.47 bits per heavy atom. The normalized spacial score (nSPS) is 26.9. The first-order valence-electron chi connectivity index (χ1n) is 5.59. The van der Waals surface area contributed by atoms with Crippen LogP contribution in [0.1, 0.15) is 31.4 Å². The van der Waals surface area contributed by atoms with E-state index >= 15 is 0 Å². The van der Waals surface area contributed by atoms with E-state index in [0.29, 0.717) is 11.3 Å². The maximum absolute atomic E-state index is 6.13. The van der Waals surface area contributed by atoms with Crippen LogP contribution in [0.15, 0.2) is 11.1 Å². The molecule has 0 radical (unpaired) electrons. The molecular weight excluding hydrogens is 206 g/mol. The summed E-state index contributed by atoms with van der Waals surface area (Å²) in [5.41, 5.74) is 7.22. The van der Waals surface area contributed by atoms with E-state index in [-0.39, 0.29) is 0 Å². The lowest BCUT2D eigenvalue weighted by Crippen LogP contribution is -2.35. The second kappa shape index (κ2) is 4.58. The third-order valence-electron chi connectivity index (χ3n) is 2.98. The molecule has 3 nitrogen and oxygen atoms in total. The van der Waals surface area contributed by atoms with Gasteiger partial charge in [-0.25, -0.2) is 0 Å². The Balaban J connectivity index is 2.04. The van der Waals surface area contributed by atoms with Gasteiger partial charge in [0.25, 0.3) is 0 Å². The van der Waals surface area contributed by atoms with Gasteiger partial charge in [-0.2, -0.15) is 5.10 Å². The Kier molecular flexibility index (Phi) is 3.36. The number of aryl methyl sites for hydroxylation is 2. The zero-order chi connectivity index (χ0) is 10.8. The van der Waals surface area contributed by atoms with Crippen molar-refractivity contribution in [3.63, 3.8) is 0 Å². The van der Waals surface area contributed by atoms with Crippen LogP contribution in [-0.2, 0) is 7.05 Å². The van der Waals surface area contributed by atoms with Crippen LogP contribution in [0.25, 0.3) is 0 Å². The average Bonchev–Trinajstić information content (AvgIpc) is 2.49. The SMILES string of the molecule is Cc1cc(SC2CCCCC2N)n(C)n1. The highest BCUT2D eigenvalue weighted by atomic mass is 32.2. The van der Waals surface area contributed by atoms with Gasteiger partial charge >= 0.3 is 0 Å². The van der Waals surface area contributed by atoms with Crippen molar-refractivity contribution in [2.24, 2.45) is 12.8 Å². The molecule has 1 heterocycles. The Morgan fingerprint density at radius 2 is 2.20 bits per heavy atom. The number of nitrogens with zero attached hydrogens (tertiary/aromatic N) is 2. The maximum atomic E-state index is 6.13. The fraction of sp³-hybridized carbons (Fsp3) is 0.727. The zero-order valence-electron chi connectivity index (χ0n) is 9.44. The molecule has 2 N–H and O–H groups in total. The molecule has 1 saturated carbocycles. The van der Waals surface area contributed by atoms with Gasteiger partial charge in [0.15, 0.2) is 0 Å². The molecule has 1 fully saturated rings. The molecular formula is C11H19N3S. The monoisotopic (exact) mass is 225 g/mol. The molecule has 4 heteroatoms. The van der Waals surface area contributed by atoms with Crippen molar-refractivity contribution in [2.45, 2.75) is 48.9 Å². The number of hydrogen-bond donors (Lipinski definition) is 1. The smallest absolute Gasteiger partial charge is 0.0942 e. The third-order valence-corrected chi connectivity index (χ3v) is 4.50. The average molecular weight is 225 g/mol. The van der Waals surface area contributed by atoms with Gasteiger partial charge in [-0.1, -0.05) is 12.8 Å². The van der Waals surface area contributed by atoms with Gasteiger partial charge < -0.3 is 5.73 Å². The number of aromatic nitrogens is 2. The molecule has 0 spiro atoms. The zero-order valence-corrected chi connectivity index (χ0v) is 10.3. The summed E-state index contributed by atoms with van der Waals surface area (Å²) < 4.78 is 1.96. The van der Waals surface area contributed by atoms with Crippen molar-refractivity contribution in [1.29, 1.82) is 0 Å². The summed E-state index contributed by atoms with van der Waals surface area (Å²) >= 11 is 1.90. The second-order valence-electron chi connectivity index (χ2n) is 4.35. The highest BCUT2D eigenvalue weighted by molar-refractivity contribution is 7.99. The van der Waals surface area contributed by atoms with Crippen LogP contribution in [-0.4, -0.2) is 21.1 Å². The van der Waals surface area contributed by atoms with Crippen molar-refractivity contribution in [3.05, 3.63) is 11.8 Å². The van der Waals surface area contributed by atoms with Gasteiger partial charge in [0, 0.05) is 18.3 Å². The molecule has 84 valence electrons. The quantitative estimate of drug-likeness (QED) is 0.838. The van der Waals surface area contributed by atoms with Gasteiger partial charge in [-0.3, -0.25) is 4.68 Å². The molecule has 1 aliphatic rings. The van der Waals surface area contributed by atoms with Crippen molar-refractivity contribution >= 4 is 11.8 Å². The first-order valence-corrected chi connectivity index (χ1v) is 6.47. The van der Waals surface area contributed by atoms with Crippen LogP contribution in [0, 0.1) is 6.92 Å².